The van der Waals surface area contributed by atoms with Crippen LogP contribution in [-0.4, -0.2) is 10.5 Å². The zero-order valence-electron chi connectivity index (χ0n) is 11.0. The number of nitrogens with two attached hydrogens (primary N) is 1. The van der Waals surface area contributed by atoms with Crippen molar-refractivity contribution in [2.45, 2.75) is 12.4 Å². The monoisotopic (exact) mass is 287 g/mol. The summed E-state index contributed by atoms with van der Waals surface area (Å²) >= 11 is 1.53. The molecule has 3 rings (SSSR count). The van der Waals surface area contributed by atoms with Crippen molar-refractivity contribution in [1.82, 2.24) is 4.98 Å². The van der Waals surface area contributed by atoms with Gasteiger partial charge in [-0.15, -0.1) is 0 Å². The minimum atomic E-state index is -0.213. The maximum absolute atomic E-state index is 13.4. The van der Waals surface area contributed by atoms with Crippen molar-refractivity contribution in [1.29, 1.82) is 0 Å². The summed E-state index contributed by atoms with van der Waals surface area (Å²) in [6.45, 7) is 1.75. The van der Waals surface area contributed by atoms with Gasteiger partial charge in [0, 0.05) is 23.6 Å². The molecule has 3 nitrogen and oxygen atoms in total. The third-order valence-corrected chi connectivity index (χ3v) is 4.06. The van der Waals surface area contributed by atoms with E-state index in [4.69, 9.17) is 5.73 Å². The third kappa shape index (κ3) is 2.30. The van der Waals surface area contributed by atoms with Gasteiger partial charge >= 0.3 is 0 Å². The number of benzene rings is 1. The summed E-state index contributed by atoms with van der Waals surface area (Å²) in [5, 5.41) is 2.01. The molecule has 0 saturated carbocycles. The molecule has 1 aliphatic rings. The Bertz CT molecular complexity index is 657. The molecule has 0 aliphatic carbocycles. The molecule has 0 radical (unpaired) electrons. The van der Waals surface area contributed by atoms with Crippen LogP contribution < -0.4 is 10.6 Å². The highest BCUT2D eigenvalue weighted by molar-refractivity contribution is 8.03. The Morgan fingerprint density at radius 3 is 2.90 bits per heavy atom. The lowest BCUT2D eigenvalue weighted by Gasteiger charge is -2.27. The smallest absolute Gasteiger partial charge is 0.134 e. The van der Waals surface area contributed by atoms with Gasteiger partial charge in [0.05, 0.1) is 5.70 Å². The number of hydrogen-bond acceptors (Lipinski definition) is 4. The highest BCUT2D eigenvalue weighted by Gasteiger charge is 2.26. The fraction of sp³-hybridized carbons (Fsp3) is 0.133. The van der Waals surface area contributed by atoms with Crippen LogP contribution in [0, 0.1) is 12.7 Å². The lowest BCUT2D eigenvalue weighted by molar-refractivity contribution is 0.618. The minimum absolute atomic E-state index is 0.207. The quantitative estimate of drug-likeness (QED) is 0.920. The second kappa shape index (κ2) is 5.26. The Morgan fingerprint density at radius 1 is 1.35 bits per heavy atom. The Hall–Kier alpha value is -1.85. The number of thioether (sulfide) groups is 1. The van der Waals surface area contributed by atoms with Crippen LogP contribution >= 0.6 is 11.8 Å². The van der Waals surface area contributed by atoms with Gasteiger partial charge in [0.15, 0.2) is 0 Å². The molecule has 0 fully saturated rings. The number of halogens is 1. The van der Waals surface area contributed by atoms with Crippen LogP contribution in [0.3, 0.4) is 0 Å². The summed E-state index contributed by atoms with van der Waals surface area (Å²) in [5.74, 6) is -0.207. The van der Waals surface area contributed by atoms with Gasteiger partial charge in [0.25, 0.3) is 0 Å². The van der Waals surface area contributed by atoms with E-state index in [0.29, 0.717) is 5.56 Å². The summed E-state index contributed by atoms with van der Waals surface area (Å²) in [6.07, 6.45) is 3.53. The average Bonchev–Trinajstić information content (AvgIpc) is 2.85. The number of aryl methyl sites for hydroxylation is 1. The van der Waals surface area contributed by atoms with Gasteiger partial charge < -0.3 is 10.6 Å². The first-order chi connectivity index (χ1) is 9.66. The summed E-state index contributed by atoms with van der Waals surface area (Å²) in [4.78, 5) is 6.13. The van der Waals surface area contributed by atoms with E-state index in [1.807, 2.05) is 28.5 Å². The first-order valence-corrected chi connectivity index (χ1v) is 7.18. The van der Waals surface area contributed by atoms with Crippen LogP contribution in [0.4, 0.5) is 10.1 Å². The Morgan fingerprint density at radius 2 is 2.20 bits per heavy atom. The average molecular weight is 287 g/mol. The Kier molecular flexibility index (Phi) is 3.46. The molecule has 20 heavy (non-hydrogen) atoms. The fourth-order valence-electron chi connectivity index (χ4n) is 2.18. The van der Waals surface area contributed by atoms with Crippen molar-refractivity contribution in [3.05, 3.63) is 65.1 Å². The first-order valence-electron chi connectivity index (χ1n) is 6.24. The summed E-state index contributed by atoms with van der Waals surface area (Å²) < 4.78 is 13.4. The number of hydrogen-bond donors (Lipinski definition) is 1. The van der Waals surface area contributed by atoms with E-state index in [1.165, 1.54) is 17.8 Å². The molecule has 0 bridgehead atoms. The summed E-state index contributed by atoms with van der Waals surface area (Å²) in [5.41, 5.74) is 9.41. The summed E-state index contributed by atoms with van der Waals surface area (Å²) in [6, 6.07) is 8.91. The molecule has 2 aromatic rings. The highest BCUT2D eigenvalue weighted by atomic mass is 32.2. The van der Waals surface area contributed by atoms with E-state index in [-0.39, 0.29) is 11.3 Å². The van der Waals surface area contributed by atoms with E-state index >= 15 is 0 Å². The molecule has 0 spiro atoms. The van der Waals surface area contributed by atoms with Gasteiger partial charge in [-0.25, -0.2) is 4.39 Å². The van der Waals surface area contributed by atoms with Crippen LogP contribution in [0.5, 0.6) is 0 Å². The molecule has 1 unspecified atom stereocenters. The third-order valence-electron chi connectivity index (χ3n) is 3.21. The first kappa shape index (κ1) is 13.1. The number of nitrogens with zero attached hydrogens (tertiary/aromatic N) is 2. The normalized spacial score (nSPS) is 18.2. The van der Waals surface area contributed by atoms with E-state index in [1.54, 1.807) is 25.4 Å². The molecule has 1 aromatic heterocycles. The molecule has 5 heteroatoms. The van der Waals surface area contributed by atoms with E-state index in [0.717, 1.165) is 16.9 Å². The standard InChI is InChI=1S/C15H14FN3S/c1-10-7-12(4-5-13(10)16)19-14(9-20-15(19)17)11-3-2-6-18-8-11/h2-9,15H,17H2,1H3. The van der Waals surface area contributed by atoms with Gasteiger partial charge in [0.1, 0.15) is 11.3 Å². The molecular formula is C15H14FN3S. The summed E-state index contributed by atoms with van der Waals surface area (Å²) in [7, 11) is 0. The van der Waals surface area contributed by atoms with Crippen LogP contribution in [0.1, 0.15) is 11.1 Å². The molecule has 2 heterocycles. The van der Waals surface area contributed by atoms with Crippen LogP contribution in [0.15, 0.2) is 48.1 Å². The van der Waals surface area contributed by atoms with E-state index in [9.17, 15) is 4.39 Å². The largest absolute Gasteiger partial charge is 0.315 e. The zero-order chi connectivity index (χ0) is 14.1. The topological polar surface area (TPSA) is 42.2 Å². The lowest BCUT2D eigenvalue weighted by atomic mass is 10.1. The molecule has 2 N–H and O–H groups in total. The molecule has 1 aliphatic heterocycles. The van der Waals surface area contributed by atoms with Crippen molar-refractivity contribution in [3.8, 4) is 0 Å². The van der Waals surface area contributed by atoms with Gasteiger partial charge in [-0.3, -0.25) is 4.98 Å². The van der Waals surface area contributed by atoms with Crippen molar-refractivity contribution in [2.75, 3.05) is 4.90 Å². The molecule has 102 valence electrons. The Balaban J connectivity index is 2.02. The van der Waals surface area contributed by atoms with E-state index < -0.39 is 0 Å². The fourth-order valence-corrected chi connectivity index (χ4v) is 3.05. The number of rotatable bonds is 2. The maximum atomic E-state index is 13.4. The van der Waals surface area contributed by atoms with Gasteiger partial charge in [-0.1, -0.05) is 11.8 Å². The molecule has 1 aromatic carbocycles. The Labute approximate surface area is 121 Å². The SMILES string of the molecule is Cc1cc(N2C(c3cccnc3)=CSC2N)ccc1F. The highest BCUT2D eigenvalue weighted by Crippen LogP contribution is 2.38. The molecule has 0 amide bonds. The number of anilines is 1. The second-order valence-corrected chi connectivity index (χ2v) is 5.57. The predicted molar refractivity (Wildman–Crippen MR) is 81.4 cm³/mol. The molecule has 1 atom stereocenters. The lowest BCUT2D eigenvalue weighted by Crippen LogP contribution is -2.34. The zero-order valence-corrected chi connectivity index (χ0v) is 11.8. The number of aromatic nitrogens is 1. The number of pyridine rings is 1. The van der Waals surface area contributed by atoms with Crippen molar-refractivity contribution < 1.29 is 4.39 Å². The van der Waals surface area contributed by atoms with Crippen molar-refractivity contribution in [2.24, 2.45) is 5.73 Å². The minimum Gasteiger partial charge on any atom is -0.315 e. The van der Waals surface area contributed by atoms with E-state index in [2.05, 4.69) is 4.98 Å². The van der Waals surface area contributed by atoms with Crippen molar-refractivity contribution in [3.63, 3.8) is 0 Å². The van der Waals surface area contributed by atoms with Gasteiger partial charge in [-0.2, -0.15) is 0 Å². The van der Waals surface area contributed by atoms with Crippen LogP contribution in [-0.2, 0) is 0 Å². The van der Waals surface area contributed by atoms with Crippen LogP contribution in [0.25, 0.3) is 5.70 Å². The van der Waals surface area contributed by atoms with Crippen molar-refractivity contribution >= 4 is 23.1 Å². The maximum Gasteiger partial charge on any atom is 0.134 e. The molecule has 0 saturated heterocycles. The van der Waals surface area contributed by atoms with Gasteiger partial charge in [-0.05, 0) is 48.2 Å². The van der Waals surface area contributed by atoms with Crippen LogP contribution in [0.2, 0.25) is 0 Å². The molecular weight excluding hydrogens is 273 g/mol. The predicted octanol–water partition coefficient (Wildman–Crippen LogP) is 3.32. The second-order valence-electron chi connectivity index (χ2n) is 4.57. The van der Waals surface area contributed by atoms with Gasteiger partial charge in [0.2, 0.25) is 0 Å².